The van der Waals surface area contributed by atoms with Crippen molar-refractivity contribution in [3.63, 3.8) is 0 Å². The summed E-state index contributed by atoms with van der Waals surface area (Å²) in [5, 5.41) is 0. The molecule has 2 atom stereocenters. The summed E-state index contributed by atoms with van der Waals surface area (Å²) >= 11 is 0. The third-order valence-electron chi connectivity index (χ3n) is 7.51. The SMILES string of the molecule is CC(CN1C(=O)c2ccccc2C1=O)C(OC(=O)c1ccccc1)c1cccc(OCC2CCCCC2)c1. The fourth-order valence-electron chi connectivity index (χ4n) is 5.41. The lowest BCUT2D eigenvalue weighted by Gasteiger charge is -2.28. The van der Waals surface area contributed by atoms with Gasteiger partial charge in [-0.3, -0.25) is 14.5 Å². The van der Waals surface area contributed by atoms with Gasteiger partial charge in [0.2, 0.25) is 0 Å². The number of carbonyl (C=O) groups is 3. The van der Waals surface area contributed by atoms with Crippen molar-refractivity contribution in [3.8, 4) is 5.75 Å². The summed E-state index contributed by atoms with van der Waals surface area (Å²) in [7, 11) is 0. The topological polar surface area (TPSA) is 72.9 Å². The average molecular weight is 512 g/mol. The molecule has 0 bridgehead atoms. The fraction of sp³-hybridized carbons (Fsp3) is 0.344. The molecule has 0 saturated heterocycles. The van der Waals surface area contributed by atoms with Crippen molar-refractivity contribution < 1.29 is 23.9 Å². The molecule has 2 aliphatic rings. The minimum absolute atomic E-state index is 0.117. The van der Waals surface area contributed by atoms with Gasteiger partial charge in [-0.25, -0.2) is 4.79 Å². The van der Waals surface area contributed by atoms with Crippen LogP contribution in [0.3, 0.4) is 0 Å². The Hall–Kier alpha value is -3.93. The normalized spacial score (nSPS) is 17.1. The summed E-state index contributed by atoms with van der Waals surface area (Å²) in [6, 6.07) is 23.3. The van der Waals surface area contributed by atoms with E-state index in [9.17, 15) is 14.4 Å². The molecule has 2 unspecified atom stereocenters. The Bertz CT molecular complexity index is 1260. The Morgan fingerprint density at radius 3 is 2.21 bits per heavy atom. The lowest BCUT2D eigenvalue weighted by molar-refractivity contribution is 0.0110. The van der Waals surface area contributed by atoms with E-state index in [-0.39, 0.29) is 24.3 Å². The molecule has 3 aromatic carbocycles. The lowest BCUT2D eigenvalue weighted by atomic mass is 9.90. The molecular formula is C32H33NO5. The van der Waals surface area contributed by atoms with Crippen LogP contribution < -0.4 is 4.74 Å². The maximum atomic E-state index is 13.1. The molecule has 0 radical (unpaired) electrons. The number of carbonyl (C=O) groups excluding carboxylic acids is 3. The molecule has 1 fully saturated rings. The molecule has 1 aliphatic carbocycles. The van der Waals surface area contributed by atoms with Crippen LogP contribution in [0.1, 0.15) is 81.8 Å². The monoisotopic (exact) mass is 511 g/mol. The summed E-state index contributed by atoms with van der Waals surface area (Å²) in [6.07, 6.45) is 5.49. The first kappa shape index (κ1) is 25.7. The summed E-state index contributed by atoms with van der Waals surface area (Å²) < 4.78 is 12.2. The van der Waals surface area contributed by atoms with E-state index in [1.54, 1.807) is 48.5 Å². The third kappa shape index (κ3) is 5.64. The van der Waals surface area contributed by atoms with Crippen LogP contribution >= 0.6 is 0 Å². The van der Waals surface area contributed by atoms with Crippen LogP contribution in [0.15, 0.2) is 78.9 Å². The first-order valence-electron chi connectivity index (χ1n) is 13.5. The van der Waals surface area contributed by atoms with Crippen LogP contribution in [-0.2, 0) is 4.74 Å². The highest BCUT2D eigenvalue weighted by atomic mass is 16.5. The number of imide groups is 1. The molecule has 0 N–H and O–H groups in total. The second kappa shape index (κ2) is 11.6. The van der Waals surface area contributed by atoms with E-state index in [2.05, 4.69) is 0 Å². The fourth-order valence-corrected chi connectivity index (χ4v) is 5.41. The van der Waals surface area contributed by atoms with E-state index in [1.165, 1.54) is 37.0 Å². The van der Waals surface area contributed by atoms with E-state index in [0.29, 0.717) is 29.2 Å². The molecule has 0 spiro atoms. The number of fused-ring (bicyclic) bond motifs is 1. The molecule has 3 aromatic rings. The lowest BCUT2D eigenvalue weighted by Crippen LogP contribution is -2.36. The van der Waals surface area contributed by atoms with Crippen LogP contribution in [0.25, 0.3) is 0 Å². The van der Waals surface area contributed by atoms with E-state index < -0.39 is 12.1 Å². The molecule has 6 heteroatoms. The number of esters is 1. The predicted molar refractivity (Wildman–Crippen MR) is 144 cm³/mol. The van der Waals surface area contributed by atoms with Crippen LogP contribution in [0.2, 0.25) is 0 Å². The molecule has 38 heavy (non-hydrogen) atoms. The van der Waals surface area contributed by atoms with E-state index in [4.69, 9.17) is 9.47 Å². The van der Waals surface area contributed by atoms with Crippen LogP contribution in [0.4, 0.5) is 0 Å². The van der Waals surface area contributed by atoms with Gasteiger partial charge in [-0.2, -0.15) is 0 Å². The van der Waals surface area contributed by atoms with Gasteiger partial charge in [-0.1, -0.05) is 68.7 Å². The van der Waals surface area contributed by atoms with Gasteiger partial charge in [0, 0.05) is 12.5 Å². The summed E-state index contributed by atoms with van der Waals surface area (Å²) in [5.41, 5.74) is 2.01. The van der Waals surface area contributed by atoms with Crippen molar-refractivity contribution in [1.82, 2.24) is 4.90 Å². The van der Waals surface area contributed by atoms with Crippen molar-refractivity contribution in [1.29, 1.82) is 0 Å². The smallest absolute Gasteiger partial charge is 0.338 e. The van der Waals surface area contributed by atoms with Crippen molar-refractivity contribution in [2.45, 2.75) is 45.1 Å². The van der Waals surface area contributed by atoms with Gasteiger partial charge < -0.3 is 9.47 Å². The zero-order chi connectivity index (χ0) is 26.5. The summed E-state index contributed by atoms with van der Waals surface area (Å²) in [4.78, 5) is 40.4. The van der Waals surface area contributed by atoms with Gasteiger partial charge in [-0.15, -0.1) is 0 Å². The number of nitrogens with zero attached hydrogens (tertiary/aromatic N) is 1. The number of ether oxygens (including phenoxy) is 2. The maximum Gasteiger partial charge on any atom is 0.338 e. The molecule has 2 amide bonds. The number of benzene rings is 3. The van der Waals surface area contributed by atoms with Crippen LogP contribution in [0, 0.1) is 11.8 Å². The molecule has 1 heterocycles. The highest BCUT2D eigenvalue weighted by Crippen LogP contribution is 2.33. The van der Waals surface area contributed by atoms with Crippen molar-refractivity contribution in [2.24, 2.45) is 11.8 Å². The average Bonchev–Trinajstić information content (AvgIpc) is 3.20. The Balaban J connectivity index is 1.37. The maximum absolute atomic E-state index is 13.1. The minimum atomic E-state index is -0.690. The second-order valence-electron chi connectivity index (χ2n) is 10.3. The van der Waals surface area contributed by atoms with Crippen LogP contribution in [-0.4, -0.2) is 35.8 Å². The number of rotatable bonds is 9. The van der Waals surface area contributed by atoms with Gasteiger partial charge in [0.05, 0.1) is 23.3 Å². The number of amides is 2. The molecule has 196 valence electrons. The van der Waals surface area contributed by atoms with Crippen molar-refractivity contribution in [2.75, 3.05) is 13.2 Å². The molecular weight excluding hydrogens is 478 g/mol. The van der Waals surface area contributed by atoms with Gasteiger partial charge in [0.15, 0.2) is 0 Å². The van der Waals surface area contributed by atoms with Gasteiger partial charge in [0.1, 0.15) is 11.9 Å². The first-order chi connectivity index (χ1) is 18.5. The zero-order valence-electron chi connectivity index (χ0n) is 21.7. The van der Waals surface area contributed by atoms with E-state index >= 15 is 0 Å². The Labute approximate surface area is 223 Å². The predicted octanol–water partition coefficient (Wildman–Crippen LogP) is 6.48. The number of hydrogen-bond acceptors (Lipinski definition) is 5. The number of hydrogen-bond donors (Lipinski definition) is 0. The minimum Gasteiger partial charge on any atom is -0.493 e. The quantitative estimate of drug-likeness (QED) is 0.243. The summed E-state index contributed by atoms with van der Waals surface area (Å²) in [5.74, 6) is -0.185. The molecule has 5 rings (SSSR count). The molecule has 1 saturated carbocycles. The highest BCUT2D eigenvalue weighted by molar-refractivity contribution is 6.21. The first-order valence-corrected chi connectivity index (χ1v) is 13.5. The van der Waals surface area contributed by atoms with Crippen molar-refractivity contribution in [3.05, 3.63) is 101 Å². The van der Waals surface area contributed by atoms with Crippen LogP contribution in [0.5, 0.6) is 5.75 Å². The largest absolute Gasteiger partial charge is 0.493 e. The Morgan fingerprint density at radius 1 is 0.868 bits per heavy atom. The standard InChI is InChI=1S/C32H33NO5/c1-22(20-33-30(34)27-17-8-9-18-28(27)31(33)35)29(38-32(36)24-13-6-3-7-14-24)25-15-10-16-26(19-25)37-21-23-11-4-2-5-12-23/h3,6-10,13-19,22-23,29H,2,4-5,11-12,20-21H2,1H3. The second-order valence-corrected chi connectivity index (χ2v) is 10.3. The van der Waals surface area contributed by atoms with Crippen molar-refractivity contribution >= 4 is 17.8 Å². The molecule has 0 aromatic heterocycles. The molecule has 1 aliphatic heterocycles. The highest BCUT2D eigenvalue weighted by Gasteiger charge is 2.38. The summed E-state index contributed by atoms with van der Waals surface area (Å²) in [6.45, 7) is 2.68. The Morgan fingerprint density at radius 2 is 1.53 bits per heavy atom. The van der Waals surface area contributed by atoms with Gasteiger partial charge in [-0.05, 0) is 60.7 Å². The van der Waals surface area contributed by atoms with Gasteiger partial charge >= 0.3 is 5.97 Å². The third-order valence-corrected chi connectivity index (χ3v) is 7.51. The molecule has 6 nitrogen and oxygen atoms in total. The zero-order valence-corrected chi connectivity index (χ0v) is 21.7. The Kier molecular flexibility index (Phi) is 7.87. The van der Waals surface area contributed by atoms with Gasteiger partial charge in [0.25, 0.3) is 11.8 Å². The van der Waals surface area contributed by atoms with E-state index in [0.717, 1.165) is 11.3 Å². The van der Waals surface area contributed by atoms with E-state index in [1.807, 2.05) is 37.3 Å².